The van der Waals surface area contributed by atoms with Gasteiger partial charge in [-0.15, -0.1) is 11.3 Å². The number of fused-ring (bicyclic) bond motifs is 1. The molecule has 1 aliphatic carbocycles. The molecule has 1 N–H and O–H groups in total. The van der Waals surface area contributed by atoms with Gasteiger partial charge in [-0.2, -0.15) is 5.26 Å². The van der Waals surface area contributed by atoms with Crippen LogP contribution in [-0.2, 0) is 17.6 Å². The molecule has 3 rings (SSSR count). The summed E-state index contributed by atoms with van der Waals surface area (Å²) >= 11 is 1.57. The number of benzene rings is 1. The quantitative estimate of drug-likeness (QED) is 0.727. The first-order valence-electron chi connectivity index (χ1n) is 9.80. The minimum atomic E-state index is -0.0400. The van der Waals surface area contributed by atoms with Gasteiger partial charge in [0, 0.05) is 24.4 Å². The van der Waals surface area contributed by atoms with Gasteiger partial charge in [0.25, 0.3) is 0 Å². The van der Waals surface area contributed by atoms with Crippen LogP contribution < -0.4 is 10.1 Å². The molecule has 0 spiro atoms. The molecule has 1 aromatic heterocycles. The molecular weight excluding hydrogens is 370 g/mol. The van der Waals surface area contributed by atoms with Gasteiger partial charge < -0.3 is 15.0 Å². The second kappa shape index (κ2) is 9.72. The van der Waals surface area contributed by atoms with Gasteiger partial charge in [0.05, 0.1) is 5.56 Å². The molecule has 28 heavy (non-hydrogen) atoms. The number of para-hydroxylation sites is 1. The summed E-state index contributed by atoms with van der Waals surface area (Å²) in [6.07, 6.45) is 4.67. The third-order valence-electron chi connectivity index (χ3n) is 5.08. The van der Waals surface area contributed by atoms with E-state index in [1.54, 1.807) is 11.3 Å². The molecule has 1 aromatic carbocycles. The van der Waals surface area contributed by atoms with Gasteiger partial charge in [0.15, 0.2) is 0 Å². The van der Waals surface area contributed by atoms with Crippen LogP contribution in [0.25, 0.3) is 0 Å². The number of anilines is 1. The van der Waals surface area contributed by atoms with Crippen LogP contribution in [-0.4, -0.2) is 37.6 Å². The first-order valence-corrected chi connectivity index (χ1v) is 10.6. The van der Waals surface area contributed by atoms with Crippen molar-refractivity contribution in [3.8, 4) is 11.8 Å². The predicted molar refractivity (Wildman–Crippen MR) is 113 cm³/mol. The molecule has 0 saturated heterocycles. The third kappa shape index (κ3) is 5.12. The van der Waals surface area contributed by atoms with E-state index >= 15 is 0 Å². The molecule has 0 unspecified atom stereocenters. The summed E-state index contributed by atoms with van der Waals surface area (Å²) in [4.78, 5) is 15.7. The topological polar surface area (TPSA) is 65.4 Å². The SMILES string of the molecule is Cc1ccccc1OCCN(C)CCC(=O)Nc1sc2c(c1C#N)CCCC2. The zero-order chi connectivity index (χ0) is 19.9. The maximum absolute atomic E-state index is 12.4. The molecule has 6 heteroatoms. The molecule has 0 bridgehead atoms. The molecule has 0 radical (unpaired) electrons. The largest absolute Gasteiger partial charge is 0.492 e. The Kier molecular flexibility index (Phi) is 7.07. The van der Waals surface area contributed by atoms with E-state index in [-0.39, 0.29) is 5.91 Å². The molecule has 5 nitrogen and oxygen atoms in total. The lowest BCUT2D eigenvalue weighted by Gasteiger charge is -2.17. The predicted octanol–water partition coefficient (Wildman–Crippen LogP) is 4.15. The number of nitrogens with zero attached hydrogens (tertiary/aromatic N) is 2. The lowest BCUT2D eigenvalue weighted by molar-refractivity contribution is -0.116. The van der Waals surface area contributed by atoms with Gasteiger partial charge in [-0.3, -0.25) is 4.79 Å². The molecule has 2 aromatic rings. The average molecular weight is 398 g/mol. The van der Waals surface area contributed by atoms with E-state index < -0.39 is 0 Å². The minimum Gasteiger partial charge on any atom is -0.492 e. The van der Waals surface area contributed by atoms with E-state index in [9.17, 15) is 10.1 Å². The van der Waals surface area contributed by atoms with Crippen molar-refractivity contribution < 1.29 is 9.53 Å². The Bertz CT molecular complexity index is 869. The van der Waals surface area contributed by atoms with Crippen molar-refractivity contribution in [2.24, 2.45) is 0 Å². The van der Waals surface area contributed by atoms with E-state index in [0.717, 1.165) is 47.7 Å². The molecule has 1 amide bonds. The van der Waals surface area contributed by atoms with Crippen LogP contribution in [0.5, 0.6) is 5.75 Å². The minimum absolute atomic E-state index is 0.0400. The Morgan fingerprint density at radius 1 is 1.29 bits per heavy atom. The molecule has 0 aliphatic heterocycles. The van der Waals surface area contributed by atoms with Crippen LogP contribution in [0.2, 0.25) is 0 Å². The molecule has 148 valence electrons. The molecule has 1 heterocycles. The van der Waals surface area contributed by atoms with E-state index in [1.165, 1.54) is 11.3 Å². The second-order valence-corrected chi connectivity index (χ2v) is 8.35. The lowest BCUT2D eigenvalue weighted by Crippen LogP contribution is -2.28. The Balaban J connectivity index is 1.44. The highest BCUT2D eigenvalue weighted by Gasteiger charge is 2.21. The maximum atomic E-state index is 12.4. The second-order valence-electron chi connectivity index (χ2n) is 7.24. The Labute approximate surface area is 170 Å². The van der Waals surface area contributed by atoms with Gasteiger partial charge in [-0.25, -0.2) is 0 Å². The number of nitriles is 1. The fourth-order valence-electron chi connectivity index (χ4n) is 3.40. The van der Waals surface area contributed by atoms with Crippen LogP contribution in [0.15, 0.2) is 24.3 Å². The van der Waals surface area contributed by atoms with Gasteiger partial charge in [0.2, 0.25) is 5.91 Å². The van der Waals surface area contributed by atoms with Crippen molar-refractivity contribution in [2.75, 3.05) is 32.1 Å². The van der Waals surface area contributed by atoms with Gasteiger partial charge in [-0.1, -0.05) is 18.2 Å². The number of carbonyl (C=O) groups excluding carboxylic acids is 1. The molecule has 0 saturated carbocycles. The summed E-state index contributed by atoms with van der Waals surface area (Å²) in [5.41, 5.74) is 2.95. The highest BCUT2D eigenvalue weighted by molar-refractivity contribution is 7.16. The highest BCUT2D eigenvalue weighted by atomic mass is 32.1. The summed E-state index contributed by atoms with van der Waals surface area (Å²) in [5, 5.41) is 13.2. The molecule has 1 aliphatic rings. The van der Waals surface area contributed by atoms with Crippen molar-refractivity contribution in [1.82, 2.24) is 4.90 Å². The lowest BCUT2D eigenvalue weighted by atomic mass is 9.96. The number of rotatable bonds is 8. The van der Waals surface area contributed by atoms with Crippen LogP contribution in [0.1, 0.15) is 40.8 Å². The van der Waals surface area contributed by atoms with Crippen molar-refractivity contribution in [2.45, 2.75) is 39.0 Å². The monoisotopic (exact) mass is 397 g/mol. The van der Waals surface area contributed by atoms with Crippen LogP contribution in [0.3, 0.4) is 0 Å². The number of thiophene rings is 1. The molecular formula is C22H27N3O2S. The zero-order valence-corrected chi connectivity index (χ0v) is 17.4. The normalized spacial score (nSPS) is 13.1. The number of hydrogen-bond donors (Lipinski definition) is 1. The van der Waals surface area contributed by atoms with Gasteiger partial charge in [0.1, 0.15) is 23.4 Å². The number of ether oxygens (including phenoxy) is 1. The fraction of sp³-hybridized carbons (Fsp3) is 0.455. The molecule has 0 fully saturated rings. The van der Waals surface area contributed by atoms with Crippen LogP contribution >= 0.6 is 11.3 Å². The standard InChI is InChI=1S/C22H27N3O2S/c1-16-7-3-5-9-19(16)27-14-13-25(2)12-11-21(26)24-22-18(15-23)17-8-4-6-10-20(17)28-22/h3,5,7,9H,4,6,8,10-14H2,1-2H3,(H,24,26). The maximum Gasteiger partial charge on any atom is 0.226 e. The summed E-state index contributed by atoms with van der Waals surface area (Å²) in [6, 6.07) is 10.2. The van der Waals surface area contributed by atoms with E-state index in [4.69, 9.17) is 4.74 Å². The first kappa shape index (κ1) is 20.4. The summed E-state index contributed by atoms with van der Waals surface area (Å²) < 4.78 is 5.81. The summed E-state index contributed by atoms with van der Waals surface area (Å²) in [6.45, 7) is 4.01. The molecule has 0 atom stereocenters. The van der Waals surface area contributed by atoms with Crippen LogP contribution in [0.4, 0.5) is 5.00 Å². The van der Waals surface area contributed by atoms with Gasteiger partial charge >= 0.3 is 0 Å². The summed E-state index contributed by atoms with van der Waals surface area (Å²) in [7, 11) is 1.99. The number of amides is 1. The van der Waals surface area contributed by atoms with Crippen molar-refractivity contribution in [1.29, 1.82) is 5.26 Å². The van der Waals surface area contributed by atoms with Crippen molar-refractivity contribution >= 4 is 22.2 Å². The Morgan fingerprint density at radius 2 is 2.07 bits per heavy atom. The van der Waals surface area contributed by atoms with E-state index in [2.05, 4.69) is 16.3 Å². The van der Waals surface area contributed by atoms with Gasteiger partial charge in [-0.05, 0) is 56.8 Å². The average Bonchev–Trinajstić information content (AvgIpc) is 3.04. The number of hydrogen-bond acceptors (Lipinski definition) is 5. The number of aryl methyl sites for hydroxylation is 2. The first-order chi connectivity index (χ1) is 13.6. The number of nitrogens with one attached hydrogen (secondary N) is 1. The van der Waals surface area contributed by atoms with E-state index in [0.29, 0.717) is 25.1 Å². The number of carbonyl (C=O) groups is 1. The van der Waals surface area contributed by atoms with Crippen molar-refractivity contribution in [3.63, 3.8) is 0 Å². The Morgan fingerprint density at radius 3 is 2.86 bits per heavy atom. The third-order valence-corrected chi connectivity index (χ3v) is 6.29. The number of likely N-dealkylation sites (N-methyl/N-ethyl adjacent to an activating group) is 1. The van der Waals surface area contributed by atoms with Crippen molar-refractivity contribution in [3.05, 3.63) is 45.8 Å². The Hall–Kier alpha value is -2.36. The van der Waals surface area contributed by atoms with Crippen LogP contribution in [0, 0.1) is 18.3 Å². The fourth-order valence-corrected chi connectivity index (χ4v) is 4.65. The van der Waals surface area contributed by atoms with E-state index in [1.807, 2.05) is 38.2 Å². The summed E-state index contributed by atoms with van der Waals surface area (Å²) in [5.74, 6) is 0.862. The highest BCUT2D eigenvalue weighted by Crippen LogP contribution is 2.37. The smallest absolute Gasteiger partial charge is 0.226 e. The zero-order valence-electron chi connectivity index (χ0n) is 16.6.